The summed E-state index contributed by atoms with van der Waals surface area (Å²) in [7, 11) is 0. The predicted octanol–water partition coefficient (Wildman–Crippen LogP) is 2.46. The van der Waals surface area contributed by atoms with E-state index in [-0.39, 0.29) is 22.7 Å². The van der Waals surface area contributed by atoms with Crippen molar-refractivity contribution in [1.29, 1.82) is 0 Å². The minimum Gasteiger partial charge on any atom is -0.364 e. The number of carbonyl (C=O) groups excluding carboxylic acids is 1. The van der Waals surface area contributed by atoms with Gasteiger partial charge in [0.1, 0.15) is 22.8 Å². The van der Waals surface area contributed by atoms with E-state index in [4.69, 9.17) is 5.73 Å². The maximum atomic E-state index is 14.3. The molecule has 0 bridgehead atoms. The number of nitrogens with two attached hydrogens (primary N) is 1. The fourth-order valence-corrected chi connectivity index (χ4v) is 3.02. The van der Waals surface area contributed by atoms with Gasteiger partial charge in [0.15, 0.2) is 17.2 Å². The van der Waals surface area contributed by atoms with Crippen molar-refractivity contribution < 1.29 is 13.6 Å². The number of imidazole rings is 1. The van der Waals surface area contributed by atoms with Crippen LogP contribution >= 0.6 is 0 Å². The second kappa shape index (κ2) is 6.38. The molecule has 4 aromatic rings. The number of aryl methyl sites for hydroxylation is 1. The summed E-state index contributed by atoms with van der Waals surface area (Å²) in [6.45, 7) is 1.81. The summed E-state index contributed by atoms with van der Waals surface area (Å²) in [6.07, 6.45) is 0. The van der Waals surface area contributed by atoms with Gasteiger partial charge in [-0.05, 0) is 24.6 Å². The molecular formula is C19H13F2N5O2. The van der Waals surface area contributed by atoms with Crippen LogP contribution in [-0.2, 0) is 0 Å². The highest BCUT2D eigenvalue weighted by Crippen LogP contribution is 2.25. The molecule has 2 aromatic carbocycles. The predicted molar refractivity (Wildman–Crippen MR) is 98.1 cm³/mol. The highest BCUT2D eigenvalue weighted by Gasteiger charge is 2.23. The van der Waals surface area contributed by atoms with Crippen LogP contribution in [0.1, 0.15) is 16.1 Å². The number of carbonyl (C=O) groups is 1. The molecule has 0 radical (unpaired) electrons. The van der Waals surface area contributed by atoms with Gasteiger partial charge in [0.05, 0.1) is 0 Å². The van der Waals surface area contributed by atoms with Gasteiger partial charge in [-0.1, -0.05) is 30.3 Å². The van der Waals surface area contributed by atoms with E-state index in [1.54, 1.807) is 12.1 Å². The first-order valence-electron chi connectivity index (χ1n) is 8.21. The number of para-hydroxylation sites is 1. The quantitative estimate of drug-likeness (QED) is 0.568. The van der Waals surface area contributed by atoms with Gasteiger partial charge >= 0.3 is 5.69 Å². The second-order valence-electron chi connectivity index (χ2n) is 6.11. The molecule has 0 aliphatic heterocycles. The molecule has 2 aromatic heterocycles. The van der Waals surface area contributed by atoms with E-state index < -0.39 is 28.9 Å². The fourth-order valence-electron chi connectivity index (χ4n) is 3.02. The maximum Gasteiger partial charge on any atom is 0.332 e. The number of aromatic amines is 1. The molecule has 0 aliphatic carbocycles. The number of hydrogen-bond acceptors (Lipinski definition) is 4. The third kappa shape index (κ3) is 2.64. The summed E-state index contributed by atoms with van der Waals surface area (Å²) in [5.41, 5.74) is 4.81. The van der Waals surface area contributed by atoms with Crippen LogP contribution in [0.25, 0.3) is 28.2 Å². The minimum absolute atomic E-state index is 0.0995. The number of fused-ring (bicyclic) bond motifs is 1. The van der Waals surface area contributed by atoms with E-state index in [2.05, 4.69) is 15.0 Å². The van der Waals surface area contributed by atoms with E-state index in [9.17, 15) is 18.4 Å². The Hall–Kier alpha value is -3.88. The number of amides is 1. The van der Waals surface area contributed by atoms with Gasteiger partial charge in [-0.25, -0.2) is 28.1 Å². The largest absolute Gasteiger partial charge is 0.364 e. The number of primary amides is 1. The lowest BCUT2D eigenvalue weighted by Gasteiger charge is -2.09. The molecule has 0 atom stereocenters. The number of aromatic nitrogens is 4. The molecule has 7 nitrogen and oxygen atoms in total. The zero-order chi connectivity index (χ0) is 20.0. The Morgan fingerprint density at radius 3 is 2.39 bits per heavy atom. The lowest BCUT2D eigenvalue weighted by atomic mass is 10.1. The molecule has 2 heterocycles. The topological polar surface area (TPSA) is 107 Å². The molecule has 28 heavy (non-hydrogen) atoms. The van der Waals surface area contributed by atoms with Crippen molar-refractivity contribution in [2.75, 3.05) is 0 Å². The van der Waals surface area contributed by atoms with Gasteiger partial charge in [-0.15, -0.1) is 0 Å². The van der Waals surface area contributed by atoms with Crippen LogP contribution in [0.15, 0.2) is 47.3 Å². The maximum absolute atomic E-state index is 14.3. The van der Waals surface area contributed by atoms with Crippen molar-refractivity contribution in [2.45, 2.75) is 6.92 Å². The Morgan fingerprint density at radius 1 is 1.07 bits per heavy atom. The Bertz CT molecular complexity index is 1290. The van der Waals surface area contributed by atoms with Crippen molar-refractivity contribution in [3.8, 4) is 17.1 Å². The average Bonchev–Trinajstić information content (AvgIpc) is 2.97. The minimum atomic E-state index is -0.959. The van der Waals surface area contributed by atoms with Crippen LogP contribution in [0.4, 0.5) is 8.78 Å². The molecular weight excluding hydrogens is 368 g/mol. The molecule has 9 heteroatoms. The molecule has 0 spiro atoms. The van der Waals surface area contributed by atoms with Crippen LogP contribution in [0, 0.1) is 18.6 Å². The molecule has 3 N–H and O–H groups in total. The summed E-state index contributed by atoms with van der Waals surface area (Å²) in [5.74, 6) is -2.73. The summed E-state index contributed by atoms with van der Waals surface area (Å²) >= 11 is 0. The SMILES string of the molecule is Cc1ccccc1-c1nc(C(N)=O)c2[nH]c(=O)n(-c3c(F)cccc3F)c2n1. The van der Waals surface area contributed by atoms with Gasteiger partial charge in [0, 0.05) is 5.56 Å². The molecule has 0 saturated heterocycles. The van der Waals surface area contributed by atoms with Gasteiger partial charge in [-0.2, -0.15) is 0 Å². The number of H-pyrrole nitrogens is 1. The first kappa shape index (κ1) is 17.5. The smallest absolute Gasteiger partial charge is 0.332 e. The Kier molecular flexibility index (Phi) is 3.99. The molecule has 0 saturated carbocycles. The molecule has 4 rings (SSSR count). The van der Waals surface area contributed by atoms with Crippen molar-refractivity contribution in [1.82, 2.24) is 19.5 Å². The Morgan fingerprint density at radius 2 is 1.75 bits per heavy atom. The van der Waals surface area contributed by atoms with Crippen molar-refractivity contribution in [3.05, 3.63) is 75.8 Å². The number of halogens is 2. The normalized spacial score (nSPS) is 11.1. The zero-order valence-electron chi connectivity index (χ0n) is 14.5. The standard InChI is InChI=1S/C19H13F2N5O2/c1-9-5-2-3-6-10(9)17-23-13(16(22)27)14-18(25-17)26(19(28)24-14)15-11(20)7-4-8-12(15)21/h2-8H,1H3,(H2,22,27)(H,24,28). The van der Waals surface area contributed by atoms with Crippen LogP contribution < -0.4 is 11.4 Å². The highest BCUT2D eigenvalue weighted by molar-refractivity contribution is 6.02. The van der Waals surface area contributed by atoms with E-state index in [1.165, 1.54) is 6.07 Å². The number of hydrogen-bond donors (Lipinski definition) is 2. The molecule has 140 valence electrons. The Labute approximate surface area is 156 Å². The van der Waals surface area contributed by atoms with Crippen molar-refractivity contribution in [2.24, 2.45) is 5.73 Å². The molecule has 0 aliphatic rings. The lowest BCUT2D eigenvalue weighted by Crippen LogP contribution is -2.18. The summed E-state index contributed by atoms with van der Waals surface area (Å²) in [6, 6.07) is 10.3. The van der Waals surface area contributed by atoms with Gasteiger partial charge in [0.25, 0.3) is 5.91 Å². The van der Waals surface area contributed by atoms with E-state index in [1.807, 2.05) is 19.1 Å². The van der Waals surface area contributed by atoms with Crippen LogP contribution in [0.5, 0.6) is 0 Å². The highest BCUT2D eigenvalue weighted by atomic mass is 19.1. The Balaban J connectivity index is 2.14. The summed E-state index contributed by atoms with van der Waals surface area (Å²) in [4.78, 5) is 35.3. The number of nitrogens with zero attached hydrogens (tertiary/aromatic N) is 3. The van der Waals surface area contributed by atoms with Crippen molar-refractivity contribution in [3.63, 3.8) is 0 Å². The van der Waals surface area contributed by atoms with E-state index in [0.29, 0.717) is 5.56 Å². The van der Waals surface area contributed by atoms with Gasteiger partial charge in [0.2, 0.25) is 0 Å². The molecule has 1 amide bonds. The first-order chi connectivity index (χ1) is 13.4. The van der Waals surface area contributed by atoms with Crippen LogP contribution in [-0.4, -0.2) is 25.4 Å². The molecule has 0 fully saturated rings. The number of rotatable bonds is 3. The van der Waals surface area contributed by atoms with Crippen LogP contribution in [0.3, 0.4) is 0 Å². The first-order valence-corrected chi connectivity index (χ1v) is 8.21. The monoisotopic (exact) mass is 381 g/mol. The number of nitrogens with one attached hydrogen (secondary N) is 1. The third-order valence-electron chi connectivity index (χ3n) is 4.32. The zero-order valence-corrected chi connectivity index (χ0v) is 14.5. The van der Waals surface area contributed by atoms with Gasteiger partial charge in [-0.3, -0.25) is 4.79 Å². The van der Waals surface area contributed by atoms with E-state index in [0.717, 1.165) is 22.3 Å². The summed E-state index contributed by atoms with van der Waals surface area (Å²) in [5, 5.41) is 0. The van der Waals surface area contributed by atoms with Gasteiger partial charge < -0.3 is 10.7 Å². The molecule has 0 unspecified atom stereocenters. The van der Waals surface area contributed by atoms with Crippen LogP contribution in [0.2, 0.25) is 0 Å². The fraction of sp³-hybridized carbons (Fsp3) is 0.0526. The van der Waals surface area contributed by atoms with Crippen molar-refractivity contribution >= 4 is 17.1 Å². The lowest BCUT2D eigenvalue weighted by molar-refractivity contribution is 0.0997. The summed E-state index contributed by atoms with van der Waals surface area (Å²) < 4.78 is 29.4. The average molecular weight is 381 g/mol. The second-order valence-corrected chi connectivity index (χ2v) is 6.11. The van der Waals surface area contributed by atoms with E-state index >= 15 is 0 Å². The number of benzene rings is 2. The third-order valence-corrected chi connectivity index (χ3v) is 4.32.